The van der Waals surface area contributed by atoms with Crippen LogP contribution in [0.4, 0.5) is 5.95 Å². The van der Waals surface area contributed by atoms with Crippen molar-refractivity contribution in [3.05, 3.63) is 18.2 Å². The first-order chi connectivity index (χ1) is 7.86. The van der Waals surface area contributed by atoms with E-state index in [4.69, 9.17) is 4.74 Å². The van der Waals surface area contributed by atoms with Crippen LogP contribution in [0.5, 0.6) is 5.75 Å². The molecule has 0 aliphatic carbocycles. The number of benzene rings is 1. The molecule has 1 fully saturated rings. The van der Waals surface area contributed by atoms with E-state index in [1.54, 1.807) is 7.11 Å². The van der Waals surface area contributed by atoms with Crippen molar-refractivity contribution >= 4 is 17.0 Å². The highest BCUT2D eigenvalue weighted by molar-refractivity contribution is 5.74. The highest BCUT2D eigenvalue weighted by Crippen LogP contribution is 2.20. The van der Waals surface area contributed by atoms with E-state index in [9.17, 15) is 0 Å². The number of nitrogens with zero attached hydrogens (tertiary/aromatic N) is 1. The molecule has 0 bridgehead atoms. The van der Waals surface area contributed by atoms with Crippen LogP contribution in [-0.4, -0.2) is 25.2 Å². The van der Waals surface area contributed by atoms with Crippen molar-refractivity contribution in [2.45, 2.75) is 12.8 Å². The molecule has 1 aliphatic heterocycles. The number of hydrogen-bond donors (Lipinski definition) is 1. The molecule has 1 aromatic heterocycles. The van der Waals surface area contributed by atoms with Crippen LogP contribution in [0.25, 0.3) is 11.0 Å². The van der Waals surface area contributed by atoms with Crippen molar-refractivity contribution in [2.75, 3.05) is 25.1 Å². The number of aromatic amines is 2. The summed E-state index contributed by atoms with van der Waals surface area (Å²) in [7, 11) is 1.69. The summed E-state index contributed by atoms with van der Waals surface area (Å²) in [5.74, 6) is 2.00. The summed E-state index contributed by atoms with van der Waals surface area (Å²) < 4.78 is 5.21. The zero-order valence-corrected chi connectivity index (χ0v) is 10.5. The van der Waals surface area contributed by atoms with Crippen molar-refractivity contribution in [2.24, 2.45) is 0 Å². The first kappa shape index (κ1) is 12.0. The monoisotopic (exact) mass is 253 g/mol. The SMILES string of the molecule is COc1ccc2[nH+]c(N3CCCC3)[nH]c2c1.[Cl-]. The van der Waals surface area contributed by atoms with Crippen LogP contribution in [0, 0.1) is 0 Å². The molecule has 0 radical (unpaired) electrons. The maximum absolute atomic E-state index is 5.21. The Labute approximate surface area is 106 Å². The molecule has 4 nitrogen and oxygen atoms in total. The molecule has 17 heavy (non-hydrogen) atoms. The van der Waals surface area contributed by atoms with Crippen molar-refractivity contribution in [1.82, 2.24) is 4.98 Å². The van der Waals surface area contributed by atoms with Crippen LogP contribution < -0.4 is 27.0 Å². The van der Waals surface area contributed by atoms with Gasteiger partial charge >= 0.3 is 5.95 Å². The Balaban J connectivity index is 0.00000108. The molecule has 0 atom stereocenters. The predicted molar refractivity (Wildman–Crippen MR) is 62.9 cm³/mol. The third kappa shape index (κ3) is 2.17. The average Bonchev–Trinajstić information content (AvgIpc) is 2.96. The second-order valence-electron chi connectivity index (χ2n) is 4.20. The zero-order valence-electron chi connectivity index (χ0n) is 9.79. The third-order valence-electron chi connectivity index (χ3n) is 3.16. The number of imidazole rings is 1. The Hall–Kier alpha value is -1.42. The molecule has 0 amide bonds. The van der Waals surface area contributed by atoms with Crippen LogP contribution >= 0.6 is 0 Å². The molecule has 1 aromatic carbocycles. The van der Waals surface area contributed by atoms with Gasteiger partial charge in [0.1, 0.15) is 16.8 Å². The van der Waals surface area contributed by atoms with Crippen molar-refractivity contribution in [3.8, 4) is 5.75 Å². The topological polar surface area (TPSA) is 42.4 Å². The fourth-order valence-electron chi connectivity index (χ4n) is 2.25. The van der Waals surface area contributed by atoms with E-state index >= 15 is 0 Å². The van der Waals surface area contributed by atoms with Gasteiger partial charge in [0.15, 0.2) is 0 Å². The molecule has 0 spiro atoms. The molecule has 0 unspecified atom stereocenters. The molecule has 92 valence electrons. The first-order valence-electron chi connectivity index (χ1n) is 5.71. The first-order valence-corrected chi connectivity index (χ1v) is 5.71. The quantitative estimate of drug-likeness (QED) is 0.715. The molecule has 2 aromatic rings. The molecule has 5 heteroatoms. The summed E-state index contributed by atoms with van der Waals surface area (Å²) in [5.41, 5.74) is 2.23. The summed E-state index contributed by atoms with van der Waals surface area (Å²) >= 11 is 0. The van der Waals surface area contributed by atoms with Crippen LogP contribution in [0.1, 0.15) is 12.8 Å². The Morgan fingerprint density at radius 2 is 2.06 bits per heavy atom. The Morgan fingerprint density at radius 1 is 1.29 bits per heavy atom. The van der Waals surface area contributed by atoms with E-state index in [0.717, 1.165) is 35.8 Å². The maximum atomic E-state index is 5.21. The normalized spacial score (nSPS) is 15.0. The number of H-pyrrole nitrogens is 2. The number of nitrogens with one attached hydrogen (secondary N) is 2. The molecular weight excluding hydrogens is 238 g/mol. The summed E-state index contributed by atoms with van der Waals surface area (Å²) in [6.45, 7) is 2.28. The smallest absolute Gasteiger partial charge is 0.355 e. The molecule has 2 heterocycles. The lowest BCUT2D eigenvalue weighted by atomic mass is 10.3. The lowest BCUT2D eigenvalue weighted by Crippen LogP contribution is -3.00. The number of hydrogen-bond acceptors (Lipinski definition) is 2. The largest absolute Gasteiger partial charge is 1.00 e. The van der Waals surface area contributed by atoms with Gasteiger partial charge < -0.3 is 17.1 Å². The number of halogens is 1. The molecule has 1 aliphatic rings. The van der Waals surface area contributed by atoms with E-state index in [2.05, 4.69) is 14.9 Å². The Morgan fingerprint density at radius 3 is 2.76 bits per heavy atom. The minimum Gasteiger partial charge on any atom is -1.00 e. The fraction of sp³-hybridized carbons (Fsp3) is 0.417. The van der Waals surface area contributed by atoms with Gasteiger partial charge in [0.05, 0.1) is 20.2 Å². The maximum Gasteiger partial charge on any atom is 0.355 e. The molecule has 3 rings (SSSR count). The van der Waals surface area contributed by atoms with Gasteiger partial charge in [-0.15, -0.1) is 0 Å². The molecule has 0 saturated carbocycles. The lowest BCUT2D eigenvalue weighted by Gasteiger charge is -2.04. The minimum atomic E-state index is 0. The number of ether oxygens (including phenoxy) is 1. The predicted octanol–water partition coefficient (Wildman–Crippen LogP) is -1.41. The second-order valence-corrected chi connectivity index (χ2v) is 4.20. The van der Waals surface area contributed by atoms with Gasteiger partial charge in [-0.2, -0.15) is 0 Å². The molecular formula is C12H16ClN3O. The number of rotatable bonds is 2. The van der Waals surface area contributed by atoms with E-state index in [0.29, 0.717) is 0 Å². The summed E-state index contributed by atoms with van der Waals surface area (Å²) in [6.07, 6.45) is 2.57. The fourth-order valence-corrected chi connectivity index (χ4v) is 2.25. The highest BCUT2D eigenvalue weighted by atomic mass is 35.5. The molecule has 1 saturated heterocycles. The number of aromatic nitrogens is 2. The van der Waals surface area contributed by atoms with Gasteiger partial charge in [0.2, 0.25) is 0 Å². The van der Waals surface area contributed by atoms with Gasteiger partial charge in [-0.05, 0) is 25.0 Å². The lowest BCUT2D eigenvalue weighted by molar-refractivity contribution is -0.329. The second kappa shape index (κ2) is 4.84. The van der Waals surface area contributed by atoms with Gasteiger partial charge in [0, 0.05) is 6.07 Å². The van der Waals surface area contributed by atoms with E-state index < -0.39 is 0 Å². The summed E-state index contributed by atoms with van der Waals surface area (Å²) in [5, 5.41) is 0. The minimum absolute atomic E-state index is 0. The van der Waals surface area contributed by atoms with Gasteiger partial charge in [-0.25, -0.2) is 9.97 Å². The van der Waals surface area contributed by atoms with E-state index in [1.165, 1.54) is 12.8 Å². The van der Waals surface area contributed by atoms with Gasteiger partial charge in [-0.3, -0.25) is 4.90 Å². The molecule has 2 N–H and O–H groups in total. The third-order valence-corrected chi connectivity index (χ3v) is 3.16. The number of anilines is 1. The van der Waals surface area contributed by atoms with E-state index in [-0.39, 0.29) is 12.4 Å². The van der Waals surface area contributed by atoms with E-state index in [1.807, 2.05) is 18.2 Å². The Bertz CT molecular complexity index is 505. The average molecular weight is 254 g/mol. The van der Waals surface area contributed by atoms with Crippen molar-refractivity contribution < 1.29 is 22.1 Å². The standard InChI is InChI=1S/C12H15N3O.ClH/c1-16-9-4-5-10-11(8-9)14-12(13-10)15-6-2-3-7-15;/h4-5,8H,2-3,6-7H2,1H3,(H,13,14);1H. The van der Waals surface area contributed by atoms with Crippen LogP contribution in [0.15, 0.2) is 18.2 Å². The van der Waals surface area contributed by atoms with Gasteiger partial charge in [0.25, 0.3) is 0 Å². The van der Waals surface area contributed by atoms with Crippen molar-refractivity contribution in [1.29, 1.82) is 0 Å². The Kier molecular flexibility index (Phi) is 3.43. The van der Waals surface area contributed by atoms with Crippen molar-refractivity contribution in [3.63, 3.8) is 0 Å². The highest BCUT2D eigenvalue weighted by Gasteiger charge is 2.22. The van der Waals surface area contributed by atoms with Crippen LogP contribution in [0.2, 0.25) is 0 Å². The zero-order chi connectivity index (χ0) is 11.0. The number of methoxy groups -OCH3 is 1. The van der Waals surface area contributed by atoms with Crippen LogP contribution in [-0.2, 0) is 0 Å². The number of fused-ring (bicyclic) bond motifs is 1. The van der Waals surface area contributed by atoms with Crippen LogP contribution in [0.3, 0.4) is 0 Å². The van der Waals surface area contributed by atoms with Gasteiger partial charge in [-0.1, -0.05) is 0 Å². The summed E-state index contributed by atoms with van der Waals surface area (Å²) in [4.78, 5) is 9.16. The summed E-state index contributed by atoms with van der Waals surface area (Å²) in [6, 6.07) is 6.04.